The van der Waals surface area contributed by atoms with Crippen LogP contribution < -0.4 is 9.62 Å². The summed E-state index contributed by atoms with van der Waals surface area (Å²) < 4.78 is 27.9. The zero-order chi connectivity index (χ0) is 21.4. The number of sulfonamides is 1. The van der Waals surface area contributed by atoms with E-state index in [4.69, 9.17) is 0 Å². The number of H-pyrrole nitrogens is 1. The number of para-hydroxylation sites is 1. The molecule has 0 unspecified atom stereocenters. The number of fused-ring (bicyclic) bond motifs is 2. The number of amides is 1. The Morgan fingerprint density at radius 1 is 0.935 bits per heavy atom. The largest absolute Gasteiger partial charge is 0.351 e. The molecule has 1 aromatic heterocycles. The number of carbonyl (C=O) groups is 1. The van der Waals surface area contributed by atoms with E-state index in [0.29, 0.717) is 23.6 Å². The monoisotopic (exact) mass is 431 g/mol. The number of hydrogen-bond acceptors (Lipinski definition) is 3. The summed E-state index contributed by atoms with van der Waals surface area (Å²) in [7, 11) is -3.68. The molecule has 0 spiro atoms. The first-order valence-corrected chi connectivity index (χ1v) is 11.6. The van der Waals surface area contributed by atoms with Gasteiger partial charge in [-0.2, -0.15) is 0 Å². The van der Waals surface area contributed by atoms with E-state index in [-0.39, 0.29) is 10.8 Å². The first-order valence-electron chi connectivity index (χ1n) is 10.1. The lowest BCUT2D eigenvalue weighted by Crippen LogP contribution is -2.35. The van der Waals surface area contributed by atoms with Crippen LogP contribution in [0.4, 0.5) is 11.4 Å². The molecule has 0 radical (unpaired) electrons. The number of aromatic nitrogens is 1. The van der Waals surface area contributed by atoms with Crippen LogP contribution >= 0.6 is 0 Å². The van der Waals surface area contributed by atoms with Crippen LogP contribution in [0.3, 0.4) is 0 Å². The molecule has 2 heterocycles. The van der Waals surface area contributed by atoms with Crippen molar-refractivity contribution in [1.82, 2.24) is 4.98 Å². The quantitative estimate of drug-likeness (QED) is 0.497. The first kappa shape index (κ1) is 19.4. The number of carbonyl (C=O) groups excluding carboxylic acids is 1. The van der Waals surface area contributed by atoms with Gasteiger partial charge in [0.05, 0.1) is 10.6 Å². The molecule has 0 atom stereocenters. The lowest BCUT2D eigenvalue weighted by atomic mass is 10.0. The number of aromatic amines is 1. The SMILES string of the molecule is O=C(Nc1ccc2c(c1)N(S(=O)(=O)c1ccccc1)CCC2)c1cc2ccccc2[nH]1. The van der Waals surface area contributed by atoms with Gasteiger partial charge in [-0.25, -0.2) is 8.42 Å². The Bertz CT molecular complexity index is 1340. The molecule has 1 aliphatic rings. The van der Waals surface area contributed by atoms with Crippen molar-refractivity contribution in [3.05, 3.63) is 90.1 Å². The Labute approximate surface area is 180 Å². The van der Waals surface area contributed by atoms with Gasteiger partial charge in [0, 0.05) is 23.1 Å². The first-order chi connectivity index (χ1) is 15.0. The van der Waals surface area contributed by atoms with Crippen molar-refractivity contribution in [3.63, 3.8) is 0 Å². The molecule has 0 aliphatic carbocycles. The fraction of sp³-hybridized carbons (Fsp3) is 0.125. The number of benzene rings is 3. The summed E-state index contributed by atoms with van der Waals surface area (Å²) in [6.07, 6.45) is 1.55. The third-order valence-corrected chi connectivity index (χ3v) is 7.35. The van der Waals surface area contributed by atoms with E-state index in [9.17, 15) is 13.2 Å². The van der Waals surface area contributed by atoms with Crippen molar-refractivity contribution < 1.29 is 13.2 Å². The van der Waals surface area contributed by atoms with Crippen molar-refractivity contribution in [3.8, 4) is 0 Å². The summed E-state index contributed by atoms with van der Waals surface area (Å²) in [6, 6.07) is 23.4. The molecule has 31 heavy (non-hydrogen) atoms. The average molecular weight is 432 g/mol. The van der Waals surface area contributed by atoms with E-state index < -0.39 is 10.0 Å². The van der Waals surface area contributed by atoms with E-state index >= 15 is 0 Å². The van der Waals surface area contributed by atoms with Gasteiger partial charge in [0.2, 0.25) is 0 Å². The van der Waals surface area contributed by atoms with Crippen LogP contribution in [-0.2, 0) is 16.4 Å². The fourth-order valence-corrected chi connectivity index (χ4v) is 5.54. The number of nitrogens with zero attached hydrogens (tertiary/aromatic N) is 1. The summed E-state index contributed by atoms with van der Waals surface area (Å²) in [5, 5.41) is 3.85. The maximum atomic E-state index is 13.2. The highest BCUT2D eigenvalue weighted by molar-refractivity contribution is 7.92. The van der Waals surface area contributed by atoms with Crippen LogP contribution in [0.15, 0.2) is 83.8 Å². The molecule has 0 fully saturated rings. The Hall–Kier alpha value is -3.58. The van der Waals surface area contributed by atoms with Crippen LogP contribution in [0.2, 0.25) is 0 Å². The third-order valence-electron chi connectivity index (χ3n) is 5.52. The summed E-state index contributed by atoms with van der Waals surface area (Å²) in [5.74, 6) is -0.274. The highest BCUT2D eigenvalue weighted by Gasteiger charge is 2.29. The summed E-state index contributed by atoms with van der Waals surface area (Å²) in [5.41, 5.74) is 3.46. The molecule has 0 saturated carbocycles. The van der Waals surface area contributed by atoms with Crippen molar-refractivity contribution in [1.29, 1.82) is 0 Å². The van der Waals surface area contributed by atoms with Crippen molar-refractivity contribution in [2.45, 2.75) is 17.7 Å². The van der Waals surface area contributed by atoms with Gasteiger partial charge in [0.15, 0.2) is 0 Å². The zero-order valence-corrected chi connectivity index (χ0v) is 17.5. The minimum absolute atomic E-state index is 0.260. The number of aryl methyl sites for hydroxylation is 1. The van der Waals surface area contributed by atoms with Gasteiger partial charge in [-0.3, -0.25) is 9.10 Å². The molecule has 1 aliphatic heterocycles. The fourth-order valence-electron chi connectivity index (χ4n) is 3.98. The molecule has 1 amide bonds. The van der Waals surface area contributed by atoms with Crippen molar-refractivity contribution in [2.75, 3.05) is 16.2 Å². The van der Waals surface area contributed by atoms with Crippen LogP contribution in [0.1, 0.15) is 22.5 Å². The van der Waals surface area contributed by atoms with E-state index in [1.807, 2.05) is 36.4 Å². The van der Waals surface area contributed by atoms with E-state index in [2.05, 4.69) is 10.3 Å². The van der Waals surface area contributed by atoms with Gasteiger partial charge in [0.1, 0.15) is 5.69 Å². The topological polar surface area (TPSA) is 82.3 Å². The van der Waals surface area contributed by atoms with Crippen LogP contribution in [0.5, 0.6) is 0 Å². The van der Waals surface area contributed by atoms with Gasteiger partial charge >= 0.3 is 0 Å². The third kappa shape index (κ3) is 3.57. The average Bonchev–Trinajstić information content (AvgIpc) is 3.24. The van der Waals surface area contributed by atoms with Crippen molar-refractivity contribution in [2.24, 2.45) is 0 Å². The molecule has 156 valence electrons. The summed E-state index contributed by atoms with van der Waals surface area (Å²) >= 11 is 0. The summed E-state index contributed by atoms with van der Waals surface area (Å²) in [6.45, 7) is 0.406. The normalized spacial score (nSPS) is 13.7. The van der Waals surface area contributed by atoms with Gasteiger partial charge in [-0.1, -0.05) is 42.5 Å². The second kappa shape index (κ2) is 7.59. The van der Waals surface area contributed by atoms with Gasteiger partial charge < -0.3 is 10.3 Å². The van der Waals surface area contributed by atoms with Gasteiger partial charge in [-0.15, -0.1) is 0 Å². The maximum Gasteiger partial charge on any atom is 0.272 e. The van der Waals surface area contributed by atoms with Crippen molar-refractivity contribution >= 4 is 38.2 Å². The molecule has 2 N–H and O–H groups in total. The molecule has 0 saturated heterocycles. The molecule has 3 aromatic carbocycles. The smallest absolute Gasteiger partial charge is 0.272 e. The molecule has 6 nitrogen and oxygen atoms in total. The molecular weight excluding hydrogens is 410 g/mol. The highest BCUT2D eigenvalue weighted by Crippen LogP contribution is 2.34. The Balaban J connectivity index is 1.46. The minimum Gasteiger partial charge on any atom is -0.351 e. The Morgan fingerprint density at radius 2 is 1.71 bits per heavy atom. The highest BCUT2D eigenvalue weighted by atomic mass is 32.2. The molecular formula is C24H21N3O3S. The molecule has 5 rings (SSSR count). The van der Waals surface area contributed by atoms with Crippen LogP contribution in [-0.4, -0.2) is 25.9 Å². The van der Waals surface area contributed by atoms with Crippen LogP contribution in [0.25, 0.3) is 10.9 Å². The predicted molar refractivity (Wildman–Crippen MR) is 122 cm³/mol. The Morgan fingerprint density at radius 3 is 2.52 bits per heavy atom. The minimum atomic E-state index is -3.68. The number of hydrogen-bond donors (Lipinski definition) is 2. The zero-order valence-electron chi connectivity index (χ0n) is 16.7. The van der Waals surface area contributed by atoms with E-state index in [1.54, 1.807) is 42.5 Å². The van der Waals surface area contributed by atoms with E-state index in [0.717, 1.165) is 29.3 Å². The maximum absolute atomic E-state index is 13.2. The molecule has 0 bridgehead atoms. The number of nitrogens with one attached hydrogen (secondary N) is 2. The number of rotatable bonds is 4. The molecule has 7 heteroatoms. The lowest BCUT2D eigenvalue weighted by molar-refractivity contribution is 0.102. The predicted octanol–water partition coefficient (Wildman–Crippen LogP) is 4.56. The molecule has 4 aromatic rings. The summed E-state index contributed by atoms with van der Waals surface area (Å²) in [4.78, 5) is 16.2. The number of anilines is 2. The van der Waals surface area contributed by atoms with Gasteiger partial charge in [0.25, 0.3) is 15.9 Å². The standard InChI is InChI=1S/C24H21N3O3S/c28-24(22-15-18-7-4-5-11-21(18)26-22)25-19-13-12-17-8-6-14-27(23(17)16-19)31(29,30)20-9-2-1-3-10-20/h1-5,7,9-13,15-16,26H,6,8,14H2,(H,25,28). The Kier molecular flexibility index (Phi) is 4.75. The van der Waals surface area contributed by atoms with E-state index in [1.165, 1.54) is 4.31 Å². The second-order valence-electron chi connectivity index (χ2n) is 7.56. The van der Waals surface area contributed by atoms with Crippen LogP contribution in [0, 0.1) is 0 Å². The van der Waals surface area contributed by atoms with Gasteiger partial charge in [-0.05, 0) is 54.8 Å². The lowest BCUT2D eigenvalue weighted by Gasteiger charge is -2.31. The second-order valence-corrected chi connectivity index (χ2v) is 9.42.